The molecule has 1 aromatic heterocycles. The molecule has 0 unspecified atom stereocenters. The standard InChI is InChI=1S/C23H23FO4S/c1-4-14-9-10-15(5-2)16(11-14)19(25)13-28-23(26)22-17(12-27-3)21-18(24)7-6-8-20(21)29-22/h6-11H,4-5,12-13H2,1-3H3. The van der Waals surface area contributed by atoms with Crippen molar-refractivity contribution in [3.8, 4) is 0 Å². The van der Waals surface area contributed by atoms with Gasteiger partial charge in [0.15, 0.2) is 6.61 Å². The molecule has 2 aromatic carbocycles. The summed E-state index contributed by atoms with van der Waals surface area (Å²) in [5, 5.41) is 0.363. The number of ketones is 1. The van der Waals surface area contributed by atoms with Gasteiger partial charge in [-0.05, 0) is 42.2 Å². The van der Waals surface area contributed by atoms with Crippen LogP contribution in [0.25, 0.3) is 10.1 Å². The van der Waals surface area contributed by atoms with Gasteiger partial charge in [0.05, 0.1) is 6.61 Å². The number of Topliss-reactive ketones (excluding diaryl/α,β-unsaturated/α-hetero) is 1. The van der Waals surface area contributed by atoms with E-state index >= 15 is 0 Å². The highest BCUT2D eigenvalue weighted by Crippen LogP contribution is 2.34. The lowest BCUT2D eigenvalue weighted by Gasteiger charge is -2.10. The molecular weight excluding hydrogens is 391 g/mol. The molecule has 29 heavy (non-hydrogen) atoms. The Bertz CT molecular complexity index is 1050. The van der Waals surface area contributed by atoms with Gasteiger partial charge in [-0.2, -0.15) is 0 Å². The topological polar surface area (TPSA) is 52.6 Å². The molecule has 3 rings (SSSR count). The lowest BCUT2D eigenvalue weighted by Crippen LogP contribution is -2.16. The summed E-state index contributed by atoms with van der Waals surface area (Å²) in [7, 11) is 1.48. The van der Waals surface area contributed by atoms with Gasteiger partial charge in [0.2, 0.25) is 5.78 Å². The van der Waals surface area contributed by atoms with Crippen molar-refractivity contribution in [3.63, 3.8) is 0 Å². The highest BCUT2D eigenvalue weighted by atomic mass is 32.1. The number of carbonyl (C=O) groups is 2. The average Bonchev–Trinajstić information content (AvgIpc) is 3.11. The van der Waals surface area contributed by atoms with Crippen molar-refractivity contribution in [2.24, 2.45) is 0 Å². The second-order valence-corrected chi connectivity index (χ2v) is 7.71. The summed E-state index contributed by atoms with van der Waals surface area (Å²) < 4.78 is 25.4. The number of hydrogen-bond donors (Lipinski definition) is 0. The number of rotatable bonds is 8. The molecule has 0 saturated carbocycles. The van der Waals surface area contributed by atoms with Gasteiger partial charge in [0.1, 0.15) is 10.7 Å². The molecule has 0 fully saturated rings. The van der Waals surface area contributed by atoms with E-state index in [0.717, 1.165) is 28.9 Å². The summed E-state index contributed by atoms with van der Waals surface area (Å²) in [6.45, 7) is 3.72. The summed E-state index contributed by atoms with van der Waals surface area (Å²) in [4.78, 5) is 25.7. The van der Waals surface area contributed by atoms with Gasteiger partial charge < -0.3 is 9.47 Å². The third-order valence-electron chi connectivity index (χ3n) is 4.84. The SMILES string of the molecule is CCc1ccc(CC)c(C(=O)COC(=O)c2sc3cccc(F)c3c2COC)c1. The predicted octanol–water partition coefficient (Wildman–Crippen LogP) is 5.35. The zero-order chi connectivity index (χ0) is 21.0. The smallest absolute Gasteiger partial charge is 0.349 e. The number of aryl methyl sites for hydroxylation is 2. The molecule has 0 amide bonds. The van der Waals surface area contributed by atoms with Crippen molar-refractivity contribution in [2.45, 2.75) is 33.3 Å². The number of carbonyl (C=O) groups excluding carboxylic acids is 2. The van der Waals surface area contributed by atoms with Crippen LogP contribution in [0.4, 0.5) is 4.39 Å². The Balaban J connectivity index is 1.84. The highest BCUT2D eigenvalue weighted by Gasteiger charge is 2.23. The number of benzene rings is 2. The summed E-state index contributed by atoms with van der Waals surface area (Å²) in [5.74, 6) is -1.30. The maximum Gasteiger partial charge on any atom is 0.349 e. The van der Waals surface area contributed by atoms with Crippen LogP contribution in [0, 0.1) is 5.82 Å². The lowest BCUT2D eigenvalue weighted by atomic mass is 9.98. The molecule has 0 N–H and O–H groups in total. The summed E-state index contributed by atoms with van der Waals surface area (Å²) >= 11 is 1.14. The van der Waals surface area contributed by atoms with Gasteiger partial charge >= 0.3 is 5.97 Å². The Morgan fingerprint density at radius 1 is 1.10 bits per heavy atom. The molecule has 0 aliphatic heterocycles. The van der Waals surface area contributed by atoms with E-state index in [4.69, 9.17) is 9.47 Å². The van der Waals surface area contributed by atoms with Crippen LogP contribution in [0.1, 0.15) is 50.6 Å². The van der Waals surface area contributed by atoms with E-state index in [0.29, 0.717) is 27.6 Å². The maximum atomic E-state index is 14.3. The minimum Gasteiger partial charge on any atom is -0.453 e. The van der Waals surface area contributed by atoms with Crippen molar-refractivity contribution in [3.05, 3.63) is 69.3 Å². The van der Waals surface area contributed by atoms with Crippen molar-refractivity contribution in [1.29, 1.82) is 0 Å². The van der Waals surface area contributed by atoms with E-state index < -0.39 is 11.8 Å². The van der Waals surface area contributed by atoms with Crippen LogP contribution in [0.5, 0.6) is 0 Å². The third kappa shape index (κ3) is 4.38. The largest absolute Gasteiger partial charge is 0.453 e. The van der Waals surface area contributed by atoms with Crippen molar-refractivity contribution < 1.29 is 23.5 Å². The Hall–Kier alpha value is -2.57. The quantitative estimate of drug-likeness (QED) is 0.368. The summed E-state index contributed by atoms with van der Waals surface area (Å²) in [6, 6.07) is 10.5. The fourth-order valence-electron chi connectivity index (χ4n) is 3.30. The fourth-order valence-corrected chi connectivity index (χ4v) is 4.42. The second kappa shape index (κ2) is 9.29. The van der Waals surface area contributed by atoms with Crippen molar-refractivity contribution in [2.75, 3.05) is 13.7 Å². The predicted molar refractivity (Wildman–Crippen MR) is 112 cm³/mol. The Morgan fingerprint density at radius 3 is 2.59 bits per heavy atom. The molecular formula is C23H23FO4S. The maximum absolute atomic E-state index is 14.3. The first kappa shape index (κ1) is 21.1. The molecule has 0 atom stereocenters. The van der Waals surface area contributed by atoms with Crippen LogP contribution in [0.3, 0.4) is 0 Å². The molecule has 0 aliphatic carbocycles. The van der Waals surface area contributed by atoms with E-state index in [2.05, 4.69) is 0 Å². The van der Waals surface area contributed by atoms with Gasteiger partial charge in [-0.25, -0.2) is 9.18 Å². The van der Waals surface area contributed by atoms with Crippen LogP contribution in [0.15, 0.2) is 36.4 Å². The molecule has 0 aliphatic rings. The monoisotopic (exact) mass is 414 g/mol. The Morgan fingerprint density at radius 2 is 1.90 bits per heavy atom. The van der Waals surface area contributed by atoms with E-state index in [-0.39, 0.29) is 23.9 Å². The number of esters is 1. The minimum atomic E-state index is -0.643. The molecule has 0 saturated heterocycles. The summed E-state index contributed by atoms with van der Waals surface area (Å²) in [5.41, 5.74) is 3.01. The van der Waals surface area contributed by atoms with Crippen LogP contribution in [-0.4, -0.2) is 25.5 Å². The molecule has 6 heteroatoms. The van der Waals surface area contributed by atoms with Crippen molar-refractivity contribution in [1.82, 2.24) is 0 Å². The third-order valence-corrected chi connectivity index (χ3v) is 6.01. The van der Waals surface area contributed by atoms with Gasteiger partial charge in [0.25, 0.3) is 0 Å². The van der Waals surface area contributed by atoms with E-state index in [1.165, 1.54) is 13.2 Å². The van der Waals surface area contributed by atoms with Gasteiger partial charge in [-0.15, -0.1) is 11.3 Å². The van der Waals surface area contributed by atoms with Crippen LogP contribution in [-0.2, 0) is 28.9 Å². The molecule has 4 nitrogen and oxygen atoms in total. The zero-order valence-corrected chi connectivity index (χ0v) is 17.5. The number of halogens is 1. The van der Waals surface area contributed by atoms with Gasteiger partial charge in [-0.3, -0.25) is 4.79 Å². The minimum absolute atomic E-state index is 0.0812. The lowest BCUT2D eigenvalue weighted by molar-refractivity contribution is 0.0476. The van der Waals surface area contributed by atoms with Crippen LogP contribution in [0.2, 0.25) is 0 Å². The second-order valence-electron chi connectivity index (χ2n) is 6.65. The number of ether oxygens (including phenoxy) is 2. The van der Waals surface area contributed by atoms with Gasteiger partial charge in [0, 0.05) is 28.3 Å². The molecule has 3 aromatic rings. The van der Waals surface area contributed by atoms with E-state index in [9.17, 15) is 14.0 Å². The highest BCUT2D eigenvalue weighted by molar-refractivity contribution is 7.21. The summed E-state index contributed by atoms with van der Waals surface area (Å²) in [6.07, 6.45) is 1.53. The molecule has 0 spiro atoms. The first-order valence-corrected chi connectivity index (χ1v) is 10.3. The van der Waals surface area contributed by atoms with E-state index in [1.54, 1.807) is 12.1 Å². The zero-order valence-electron chi connectivity index (χ0n) is 16.7. The molecule has 152 valence electrons. The van der Waals surface area contributed by atoms with Crippen molar-refractivity contribution >= 4 is 33.2 Å². The van der Waals surface area contributed by atoms with Gasteiger partial charge in [-0.1, -0.05) is 32.0 Å². The number of thiophene rings is 1. The molecule has 0 bridgehead atoms. The number of hydrogen-bond acceptors (Lipinski definition) is 5. The Kier molecular flexibility index (Phi) is 6.77. The molecule has 1 heterocycles. The average molecular weight is 414 g/mol. The number of fused-ring (bicyclic) bond motifs is 1. The Labute approximate surface area is 173 Å². The first-order valence-electron chi connectivity index (χ1n) is 9.51. The van der Waals surface area contributed by atoms with E-state index in [1.807, 2.05) is 32.0 Å². The fraction of sp³-hybridized carbons (Fsp3) is 0.304. The first-order chi connectivity index (χ1) is 14.0. The van der Waals surface area contributed by atoms with Crippen LogP contribution >= 0.6 is 11.3 Å². The normalized spacial score (nSPS) is 11.0. The van der Waals surface area contributed by atoms with Crippen LogP contribution < -0.4 is 0 Å². The number of methoxy groups -OCH3 is 1. The molecule has 0 radical (unpaired) electrons.